The van der Waals surface area contributed by atoms with E-state index in [-0.39, 0.29) is 12.0 Å². The Kier molecular flexibility index (Phi) is 8.30. The van der Waals surface area contributed by atoms with Gasteiger partial charge in [0.25, 0.3) is 5.91 Å². The van der Waals surface area contributed by atoms with Gasteiger partial charge in [0, 0.05) is 45.3 Å². The van der Waals surface area contributed by atoms with Crippen LogP contribution in [0.2, 0.25) is 5.02 Å². The highest BCUT2D eigenvalue weighted by atomic mass is 35.5. The van der Waals surface area contributed by atoms with Crippen LogP contribution < -0.4 is 14.8 Å². The number of carbonyl (C=O) groups excluding carboxylic acids is 1. The topological polar surface area (TPSA) is 102 Å². The largest absolute Gasteiger partial charge is 0.491 e. The molecule has 1 amide bonds. The number of hydrogen-bond acceptors (Lipinski definition) is 6. The first kappa shape index (κ1) is 30.6. The summed E-state index contributed by atoms with van der Waals surface area (Å²) in [6.07, 6.45) is 2.87. The molecule has 5 aromatic rings. The molecule has 2 heterocycles. The second-order valence-electron chi connectivity index (χ2n) is 11.3. The standard InChI is InChI=1S/C32H33ClN4O4S2/c1-19(2)41-27-13-20(28-9-10-34-37(28)5)11-22(17-27)32(3,4)23-15-24(33)18-26(16-23)35-31(38)30-14-21-12-25(36-43(6,39)40)7-8-29(21)42-30/h7-19,36H,1-6H3,(H,35,38). The number of aryl methyl sites for hydroxylation is 1. The van der Waals surface area contributed by atoms with Crippen LogP contribution in [0.4, 0.5) is 11.4 Å². The number of sulfonamides is 1. The molecule has 11 heteroatoms. The van der Waals surface area contributed by atoms with Gasteiger partial charge in [0.05, 0.1) is 22.9 Å². The Labute approximate surface area is 260 Å². The van der Waals surface area contributed by atoms with Crippen LogP contribution in [0.3, 0.4) is 0 Å². The van der Waals surface area contributed by atoms with E-state index < -0.39 is 15.4 Å². The Hall–Kier alpha value is -3.86. The van der Waals surface area contributed by atoms with Crippen molar-refractivity contribution in [3.63, 3.8) is 0 Å². The zero-order chi connectivity index (χ0) is 31.1. The summed E-state index contributed by atoms with van der Waals surface area (Å²) < 4.78 is 34.5. The van der Waals surface area contributed by atoms with Crippen LogP contribution in [0.25, 0.3) is 21.3 Å². The molecule has 8 nitrogen and oxygen atoms in total. The molecule has 43 heavy (non-hydrogen) atoms. The lowest BCUT2D eigenvalue weighted by Crippen LogP contribution is -2.20. The highest BCUT2D eigenvalue weighted by Gasteiger charge is 2.27. The van der Waals surface area contributed by atoms with Crippen molar-refractivity contribution in [2.75, 3.05) is 16.3 Å². The van der Waals surface area contributed by atoms with Gasteiger partial charge < -0.3 is 10.1 Å². The van der Waals surface area contributed by atoms with Crippen molar-refractivity contribution < 1.29 is 17.9 Å². The minimum absolute atomic E-state index is 0.00201. The summed E-state index contributed by atoms with van der Waals surface area (Å²) in [5, 5.41) is 8.59. The van der Waals surface area contributed by atoms with Crippen LogP contribution in [0, 0.1) is 0 Å². The van der Waals surface area contributed by atoms with E-state index in [0.29, 0.717) is 21.3 Å². The number of thiophene rings is 1. The number of rotatable bonds is 9. The van der Waals surface area contributed by atoms with Gasteiger partial charge in [-0.25, -0.2) is 8.42 Å². The average Bonchev–Trinajstić information content (AvgIpc) is 3.52. The fourth-order valence-corrected chi connectivity index (χ4v) is 6.65. The number of fused-ring (bicyclic) bond motifs is 1. The molecule has 0 saturated carbocycles. The van der Waals surface area contributed by atoms with E-state index in [1.54, 1.807) is 36.5 Å². The van der Waals surface area contributed by atoms with Crippen molar-refractivity contribution in [1.82, 2.24) is 9.78 Å². The second-order valence-corrected chi connectivity index (χ2v) is 14.6. The smallest absolute Gasteiger partial charge is 0.265 e. The Balaban J connectivity index is 1.46. The van der Waals surface area contributed by atoms with Gasteiger partial charge in [0.2, 0.25) is 10.0 Å². The predicted octanol–water partition coefficient (Wildman–Crippen LogP) is 7.69. The number of nitrogens with one attached hydrogen (secondary N) is 2. The van der Waals surface area contributed by atoms with Gasteiger partial charge in [0.15, 0.2) is 0 Å². The van der Waals surface area contributed by atoms with E-state index in [2.05, 4.69) is 35.1 Å². The Bertz CT molecular complexity index is 1940. The van der Waals surface area contributed by atoms with E-state index in [1.165, 1.54) is 11.3 Å². The van der Waals surface area contributed by atoms with Gasteiger partial charge in [-0.1, -0.05) is 25.4 Å². The second kappa shape index (κ2) is 11.7. The maximum atomic E-state index is 13.3. The van der Waals surface area contributed by atoms with Gasteiger partial charge in [-0.2, -0.15) is 5.10 Å². The molecule has 5 rings (SSSR count). The molecule has 0 aliphatic heterocycles. The van der Waals surface area contributed by atoms with Crippen LogP contribution in [-0.4, -0.2) is 36.5 Å². The van der Waals surface area contributed by atoms with Gasteiger partial charge in [-0.15, -0.1) is 11.3 Å². The molecule has 2 aromatic heterocycles. The van der Waals surface area contributed by atoms with Crippen molar-refractivity contribution in [2.24, 2.45) is 7.05 Å². The molecule has 3 aromatic carbocycles. The zero-order valence-electron chi connectivity index (χ0n) is 24.7. The number of hydrogen-bond donors (Lipinski definition) is 2. The van der Waals surface area contributed by atoms with Gasteiger partial charge in [-0.3, -0.25) is 14.2 Å². The lowest BCUT2D eigenvalue weighted by atomic mass is 9.77. The van der Waals surface area contributed by atoms with Crippen molar-refractivity contribution >= 4 is 60.3 Å². The summed E-state index contributed by atoms with van der Waals surface area (Å²) in [5.41, 5.74) is 4.39. The highest BCUT2D eigenvalue weighted by molar-refractivity contribution is 7.92. The monoisotopic (exact) mass is 636 g/mol. The first-order valence-corrected chi connectivity index (χ1v) is 16.7. The lowest BCUT2D eigenvalue weighted by Gasteiger charge is -2.28. The number of halogens is 1. The number of carbonyl (C=O) groups is 1. The molecular formula is C32H33ClN4O4S2. The molecule has 224 valence electrons. The molecule has 0 radical (unpaired) electrons. The normalized spacial score (nSPS) is 12.1. The fourth-order valence-electron chi connectivity index (χ4n) is 4.92. The summed E-state index contributed by atoms with van der Waals surface area (Å²) in [5.74, 6) is 0.475. The summed E-state index contributed by atoms with van der Waals surface area (Å²) in [6, 6.07) is 20.7. The van der Waals surface area contributed by atoms with Crippen molar-refractivity contribution in [2.45, 2.75) is 39.2 Å². The zero-order valence-corrected chi connectivity index (χ0v) is 27.1. The molecule has 0 unspecified atom stereocenters. The Morgan fingerprint density at radius 3 is 2.42 bits per heavy atom. The molecular weight excluding hydrogens is 604 g/mol. The summed E-state index contributed by atoms with van der Waals surface area (Å²) in [6.45, 7) is 8.21. The number of ether oxygens (including phenoxy) is 1. The molecule has 0 spiro atoms. The van der Waals surface area contributed by atoms with E-state index in [9.17, 15) is 13.2 Å². The molecule has 0 fully saturated rings. The van der Waals surface area contributed by atoms with Gasteiger partial charge >= 0.3 is 0 Å². The fraction of sp³-hybridized carbons (Fsp3) is 0.250. The highest BCUT2D eigenvalue weighted by Crippen LogP contribution is 2.39. The van der Waals surface area contributed by atoms with Crippen molar-refractivity contribution in [3.05, 3.63) is 94.0 Å². The molecule has 2 N–H and O–H groups in total. The molecule has 0 aliphatic rings. The quantitative estimate of drug-likeness (QED) is 0.173. The number of aromatic nitrogens is 2. The maximum absolute atomic E-state index is 13.3. The number of benzene rings is 3. The molecule has 0 bridgehead atoms. The van der Waals surface area contributed by atoms with E-state index in [0.717, 1.165) is 44.5 Å². The summed E-state index contributed by atoms with van der Waals surface area (Å²) in [4.78, 5) is 13.8. The SMILES string of the molecule is CC(C)Oc1cc(-c2ccnn2C)cc(C(C)(C)c2cc(Cl)cc(NC(=O)c3cc4cc(NS(C)(=O)=O)ccc4s3)c2)c1. The molecule has 0 aliphatic carbocycles. The molecule has 0 atom stereocenters. The third-order valence-corrected chi connectivity index (χ3v) is 8.98. The molecule has 0 saturated heterocycles. The Morgan fingerprint density at radius 2 is 1.74 bits per heavy atom. The van der Waals surface area contributed by atoms with E-state index in [4.69, 9.17) is 16.3 Å². The van der Waals surface area contributed by atoms with Gasteiger partial charge in [0.1, 0.15) is 5.75 Å². The van der Waals surface area contributed by atoms with Crippen LogP contribution in [0.5, 0.6) is 5.75 Å². The van der Waals surface area contributed by atoms with Crippen molar-refractivity contribution in [3.8, 4) is 17.0 Å². The van der Waals surface area contributed by atoms with Crippen LogP contribution in [-0.2, 0) is 22.5 Å². The minimum atomic E-state index is -3.41. The summed E-state index contributed by atoms with van der Waals surface area (Å²) in [7, 11) is -1.50. The maximum Gasteiger partial charge on any atom is 0.265 e. The third-order valence-electron chi connectivity index (χ3n) is 7.04. The number of anilines is 2. The van der Waals surface area contributed by atoms with E-state index >= 15 is 0 Å². The van der Waals surface area contributed by atoms with Crippen LogP contribution in [0.1, 0.15) is 48.5 Å². The van der Waals surface area contributed by atoms with Gasteiger partial charge in [-0.05, 0) is 97.1 Å². The first-order chi connectivity index (χ1) is 20.2. The third kappa shape index (κ3) is 7.04. The minimum Gasteiger partial charge on any atom is -0.491 e. The predicted molar refractivity (Wildman–Crippen MR) is 176 cm³/mol. The van der Waals surface area contributed by atoms with Crippen LogP contribution >= 0.6 is 22.9 Å². The first-order valence-electron chi connectivity index (χ1n) is 13.6. The van der Waals surface area contributed by atoms with E-state index in [1.807, 2.05) is 55.9 Å². The lowest BCUT2D eigenvalue weighted by molar-refractivity contribution is 0.103. The number of amides is 1. The van der Waals surface area contributed by atoms with Crippen molar-refractivity contribution in [1.29, 1.82) is 0 Å². The average molecular weight is 637 g/mol. The van der Waals surface area contributed by atoms with Crippen LogP contribution in [0.15, 0.2) is 72.9 Å². The summed E-state index contributed by atoms with van der Waals surface area (Å²) >= 11 is 7.93. The Morgan fingerprint density at radius 1 is 1.00 bits per heavy atom. The number of nitrogens with zero attached hydrogens (tertiary/aromatic N) is 2.